The van der Waals surface area contributed by atoms with Gasteiger partial charge in [-0.25, -0.2) is 5.01 Å². The van der Waals surface area contributed by atoms with E-state index >= 15 is 0 Å². The normalized spacial score (nSPS) is 13.5. The molecule has 1 N–H and O–H groups in total. The van der Waals surface area contributed by atoms with Crippen molar-refractivity contribution in [1.29, 1.82) is 0 Å². The first-order chi connectivity index (χ1) is 12.5. The minimum Gasteiger partial charge on any atom is -0.326 e. The van der Waals surface area contributed by atoms with Gasteiger partial charge in [0.05, 0.1) is 12.3 Å². The minimum absolute atomic E-state index is 0.127. The van der Waals surface area contributed by atoms with Crippen molar-refractivity contribution < 1.29 is 9.59 Å². The Kier molecular flexibility index (Phi) is 5.83. The molecule has 134 valence electrons. The molecule has 2 amide bonds. The van der Waals surface area contributed by atoms with Crippen LogP contribution in [0.2, 0.25) is 0 Å². The molecule has 1 aliphatic rings. The van der Waals surface area contributed by atoms with Crippen LogP contribution >= 0.6 is 15.9 Å². The fraction of sp³-hybridized carbons (Fsp3) is 0.250. The highest BCUT2D eigenvalue weighted by atomic mass is 79.9. The number of nitrogens with zero attached hydrogens (tertiary/aromatic N) is 2. The molecule has 0 aliphatic carbocycles. The first-order valence-corrected chi connectivity index (χ1v) is 9.31. The summed E-state index contributed by atoms with van der Waals surface area (Å²) >= 11 is 3.43. The summed E-state index contributed by atoms with van der Waals surface area (Å²) in [5.41, 5.74) is 3.72. The zero-order valence-electron chi connectivity index (χ0n) is 14.5. The van der Waals surface area contributed by atoms with Crippen molar-refractivity contribution in [1.82, 2.24) is 5.01 Å². The number of nitrogens with one attached hydrogen (secondary N) is 1. The van der Waals surface area contributed by atoms with Gasteiger partial charge in [0.2, 0.25) is 11.8 Å². The molecule has 0 aromatic heterocycles. The molecule has 1 aliphatic heterocycles. The highest BCUT2D eigenvalue weighted by Crippen LogP contribution is 2.20. The van der Waals surface area contributed by atoms with Gasteiger partial charge in [-0.15, -0.1) is 0 Å². The van der Waals surface area contributed by atoms with Gasteiger partial charge < -0.3 is 5.32 Å². The summed E-state index contributed by atoms with van der Waals surface area (Å²) in [4.78, 5) is 24.4. The Bertz CT molecular complexity index is 849. The maximum absolute atomic E-state index is 12.3. The van der Waals surface area contributed by atoms with E-state index in [1.165, 1.54) is 5.01 Å². The van der Waals surface area contributed by atoms with Crippen molar-refractivity contribution in [3.63, 3.8) is 0 Å². The second kappa shape index (κ2) is 8.27. The second-order valence-corrected chi connectivity index (χ2v) is 7.05. The van der Waals surface area contributed by atoms with Crippen molar-refractivity contribution in [3.05, 3.63) is 64.1 Å². The third-order valence-electron chi connectivity index (χ3n) is 4.20. The standard InChI is InChI=1S/C20H20BrN3O2/c1-14-13-16(7-8-17(14)21)22-19(25)9-10-20(26)24-12-11-18(23-24)15-5-3-2-4-6-15/h2-8,13H,9-12H2,1H3,(H,22,25). The maximum atomic E-state index is 12.3. The summed E-state index contributed by atoms with van der Waals surface area (Å²) in [5.74, 6) is -0.301. The topological polar surface area (TPSA) is 61.8 Å². The highest BCUT2D eigenvalue weighted by Gasteiger charge is 2.21. The average molecular weight is 414 g/mol. The SMILES string of the molecule is Cc1cc(NC(=O)CCC(=O)N2CCC(c3ccccc3)=N2)ccc1Br. The molecular formula is C20H20BrN3O2. The molecule has 0 unspecified atom stereocenters. The van der Waals surface area contributed by atoms with Crippen molar-refractivity contribution in [3.8, 4) is 0 Å². The Balaban J connectivity index is 1.51. The number of anilines is 1. The first-order valence-electron chi connectivity index (χ1n) is 8.52. The number of benzene rings is 2. The number of amides is 2. The third-order valence-corrected chi connectivity index (χ3v) is 5.09. The van der Waals surface area contributed by atoms with Crippen LogP contribution in [0.15, 0.2) is 58.1 Å². The second-order valence-electron chi connectivity index (χ2n) is 6.19. The van der Waals surface area contributed by atoms with E-state index in [4.69, 9.17) is 0 Å². The van der Waals surface area contributed by atoms with Crippen molar-refractivity contribution in [2.45, 2.75) is 26.2 Å². The molecule has 0 saturated carbocycles. The van der Waals surface area contributed by atoms with Crippen LogP contribution in [-0.2, 0) is 9.59 Å². The minimum atomic E-state index is -0.175. The van der Waals surface area contributed by atoms with Gasteiger partial charge in [-0.05, 0) is 36.2 Å². The third kappa shape index (κ3) is 4.58. The molecule has 0 radical (unpaired) electrons. The van der Waals surface area contributed by atoms with Gasteiger partial charge in [0.1, 0.15) is 0 Å². The molecule has 1 heterocycles. The van der Waals surface area contributed by atoms with Gasteiger partial charge in [0.15, 0.2) is 0 Å². The molecule has 2 aromatic rings. The van der Waals surface area contributed by atoms with Crippen LogP contribution in [0.4, 0.5) is 5.69 Å². The van der Waals surface area contributed by atoms with Gasteiger partial charge >= 0.3 is 0 Å². The molecular weight excluding hydrogens is 394 g/mol. The molecule has 0 fully saturated rings. The van der Waals surface area contributed by atoms with Crippen LogP contribution in [0.1, 0.15) is 30.4 Å². The van der Waals surface area contributed by atoms with E-state index in [1.54, 1.807) is 0 Å². The molecule has 26 heavy (non-hydrogen) atoms. The van der Waals surface area contributed by atoms with Gasteiger partial charge in [0.25, 0.3) is 0 Å². The van der Waals surface area contributed by atoms with E-state index < -0.39 is 0 Å². The summed E-state index contributed by atoms with van der Waals surface area (Å²) in [5, 5.41) is 8.70. The smallest absolute Gasteiger partial charge is 0.243 e. The van der Waals surface area contributed by atoms with E-state index in [1.807, 2.05) is 55.5 Å². The Morgan fingerprint density at radius 2 is 1.92 bits per heavy atom. The fourth-order valence-electron chi connectivity index (χ4n) is 2.77. The lowest BCUT2D eigenvalue weighted by Gasteiger charge is -2.11. The van der Waals surface area contributed by atoms with Gasteiger partial charge in [0, 0.05) is 29.4 Å². The lowest BCUT2D eigenvalue weighted by molar-refractivity contribution is -0.132. The van der Waals surface area contributed by atoms with Crippen LogP contribution in [0.5, 0.6) is 0 Å². The molecule has 3 rings (SSSR count). The van der Waals surface area contributed by atoms with Crippen molar-refractivity contribution in [2.24, 2.45) is 5.10 Å². The highest BCUT2D eigenvalue weighted by molar-refractivity contribution is 9.10. The molecule has 0 spiro atoms. The summed E-state index contributed by atoms with van der Waals surface area (Å²) in [6, 6.07) is 15.4. The molecule has 0 saturated heterocycles. The largest absolute Gasteiger partial charge is 0.326 e. The van der Waals surface area contributed by atoms with Crippen molar-refractivity contribution >= 4 is 39.1 Å². The summed E-state index contributed by atoms with van der Waals surface area (Å²) in [6.07, 6.45) is 1.02. The van der Waals surface area contributed by atoms with Gasteiger partial charge in [-0.1, -0.05) is 46.3 Å². The van der Waals surface area contributed by atoms with E-state index in [9.17, 15) is 9.59 Å². The quantitative estimate of drug-likeness (QED) is 0.801. The lowest BCUT2D eigenvalue weighted by Crippen LogP contribution is -2.25. The number of carbonyl (C=O) groups excluding carboxylic acids is 2. The van der Waals surface area contributed by atoms with Gasteiger partial charge in [-0.3, -0.25) is 9.59 Å². The summed E-state index contributed by atoms with van der Waals surface area (Å²) < 4.78 is 0.992. The fourth-order valence-corrected chi connectivity index (χ4v) is 3.01. The van der Waals surface area contributed by atoms with Crippen LogP contribution in [-0.4, -0.2) is 29.1 Å². The number of hydrogen-bond acceptors (Lipinski definition) is 3. The number of halogens is 1. The van der Waals surface area contributed by atoms with Gasteiger partial charge in [-0.2, -0.15) is 5.10 Å². The van der Waals surface area contributed by atoms with Crippen LogP contribution in [0.25, 0.3) is 0 Å². The summed E-state index contributed by atoms with van der Waals surface area (Å²) in [7, 11) is 0. The number of carbonyl (C=O) groups is 2. The van der Waals surface area contributed by atoms with Crippen molar-refractivity contribution in [2.75, 3.05) is 11.9 Å². The average Bonchev–Trinajstić information content (AvgIpc) is 3.14. The van der Waals surface area contributed by atoms with E-state index in [-0.39, 0.29) is 24.7 Å². The number of hydrazone groups is 1. The van der Waals surface area contributed by atoms with Crippen LogP contribution in [0.3, 0.4) is 0 Å². The predicted octanol–water partition coefficient (Wildman–Crippen LogP) is 4.11. The van der Waals surface area contributed by atoms with Crippen LogP contribution in [0, 0.1) is 6.92 Å². The van der Waals surface area contributed by atoms with E-state index in [0.717, 1.165) is 33.4 Å². The molecule has 5 nitrogen and oxygen atoms in total. The number of hydrogen-bond donors (Lipinski definition) is 1. The number of aryl methyl sites for hydroxylation is 1. The zero-order chi connectivity index (χ0) is 18.5. The first kappa shape index (κ1) is 18.3. The number of rotatable bonds is 5. The molecule has 0 atom stereocenters. The zero-order valence-corrected chi connectivity index (χ0v) is 16.1. The Morgan fingerprint density at radius 3 is 2.65 bits per heavy atom. The summed E-state index contributed by atoms with van der Waals surface area (Å²) in [6.45, 7) is 2.52. The van der Waals surface area contributed by atoms with E-state index in [0.29, 0.717) is 6.54 Å². The predicted molar refractivity (Wildman–Crippen MR) is 106 cm³/mol. The Labute approximate surface area is 161 Å². The molecule has 0 bridgehead atoms. The van der Waals surface area contributed by atoms with Crippen LogP contribution < -0.4 is 5.32 Å². The van der Waals surface area contributed by atoms with E-state index in [2.05, 4.69) is 26.3 Å². The monoisotopic (exact) mass is 413 g/mol. The maximum Gasteiger partial charge on any atom is 0.243 e. The Hall–Kier alpha value is -2.47. The lowest BCUT2D eigenvalue weighted by atomic mass is 10.1. The molecule has 2 aromatic carbocycles. The Morgan fingerprint density at radius 1 is 1.15 bits per heavy atom. The molecule has 6 heteroatoms.